The summed E-state index contributed by atoms with van der Waals surface area (Å²) in [5, 5.41) is 19.5. The van der Waals surface area contributed by atoms with Gasteiger partial charge in [0.2, 0.25) is 0 Å². The van der Waals surface area contributed by atoms with Crippen LogP contribution in [0.15, 0.2) is 0 Å². The highest BCUT2D eigenvalue weighted by molar-refractivity contribution is 5.68. The maximum Gasteiger partial charge on any atom is 0.412 e. The molecule has 0 aromatic heterocycles. The molecule has 0 radical (unpaired) electrons. The van der Waals surface area contributed by atoms with E-state index >= 15 is 0 Å². The Bertz CT molecular complexity index is 371. The third kappa shape index (κ3) is 4.59. The fraction of sp³-hybridized carbons (Fsp3) is 0.941. The summed E-state index contributed by atoms with van der Waals surface area (Å²) in [5.41, 5.74) is -0.531. The van der Waals surface area contributed by atoms with Crippen LogP contribution in [0, 0.1) is 17.8 Å². The maximum atomic E-state index is 12.1. The molecular weight excluding hydrogens is 282 g/mol. The second kappa shape index (κ2) is 7.18. The molecular formula is C17H31NO4. The zero-order chi connectivity index (χ0) is 16.3. The number of nitrogens with zero attached hydrogens (tertiary/aromatic N) is 1. The van der Waals surface area contributed by atoms with Crippen LogP contribution in [0.25, 0.3) is 0 Å². The molecule has 5 nitrogen and oxygen atoms in total. The Morgan fingerprint density at radius 3 is 2.27 bits per heavy atom. The minimum atomic E-state index is -0.732. The molecule has 0 aromatic carbocycles. The van der Waals surface area contributed by atoms with Crippen molar-refractivity contribution in [2.75, 3.05) is 13.2 Å². The average molecular weight is 313 g/mol. The molecule has 0 aromatic rings. The molecule has 1 saturated heterocycles. The van der Waals surface area contributed by atoms with Crippen LogP contribution in [0.3, 0.4) is 0 Å². The lowest BCUT2D eigenvalue weighted by molar-refractivity contribution is -0.0659. The summed E-state index contributed by atoms with van der Waals surface area (Å²) in [6, 6.07) is 0. The molecule has 0 bridgehead atoms. The third-order valence-corrected chi connectivity index (χ3v) is 5.06. The highest BCUT2D eigenvalue weighted by Crippen LogP contribution is 2.39. The van der Waals surface area contributed by atoms with E-state index in [0.717, 1.165) is 32.1 Å². The predicted octanol–water partition coefficient (Wildman–Crippen LogP) is 2.75. The molecule has 1 aliphatic carbocycles. The minimum absolute atomic E-state index is 0.298. The van der Waals surface area contributed by atoms with Crippen molar-refractivity contribution in [1.82, 2.24) is 4.90 Å². The Morgan fingerprint density at radius 1 is 1.14 bits per heavy atom. The van der Waals surface area contributed by atoms with Crippen molar-refractivity contribution in [3.63, 3.8) is 0 Å². The number of carbonyl (C=O) groups excluding carboxylic acids is 1. The van der Waals surface area contributed by atoms with Gasteiger partial charge in [-0.25, -0.2) is 4.79 Å². The molecule has 2 fully saturated rings. The van der Waals surface area contributed by atoms with Crippen LogP contribution in [0.2, 0.25) is 0 Å². The second-order valence-electron chi connectivity index (χ2n) is 7.90. The SMILES string of the molecule is CC(C)(C)OC(=O)N1CCC(C2CCC(CO)CC2)CC1O. The van der Waals surface area contributed by atoms with Crippen molar-refractivity contribution in [2.24, 2.45) is 17.8 Å². The molecule has 2 aliphatic rings. The van der Waals surface area contributed by atoms with E-state index in [1.54, 1.807) is 0 Å². The lowest BCUT2D eigenvalue weighted by atomic mass is 9.72. The first-order valence-electron chi connectivity index (χ1n) is 8.58. The van der Waals surface area contributed by atoms with Crippen LogP contribution in [0.5, 0.6) is 0 Å². The maximum absolute atomic E-state index is 12.1. The number of rotatable bonds is 2. The molecule has 2 rings (SSSR count). The van der Waals surface area contributed by atoms with Gasteiger partial charge in [0.05, 0.1) is 0 Å². The van der Waals surface area contributed by atoms with Gasteiger partial charge in [0.25, 0.3) is 0 Å². The molecule has 1 aliphatic heterocycles. The van der Waals surface area contributed by atoms with Gasteiger partial charge in [0, 0.05) is 13.2 Å². The van der Waals surface area contributed by atoms with Crippen LogP contribution in [0.1, 0.15) is 59.3 Å². The van der Waals surface area contributed by atoms with Crippen molar-refractivity contribution >= 4 is 6.09 Å². The van der Waals surface area contributed by atoms with Crippen LogP contribution < -0.4 is 0 Å². The molecule has 1 amide bonds. The fourth-order valence-electron chi connectivity index (χ4n) is 3.77. The number of aliphatic hydroxyl groups is 2. The molecule has 2 atom stereocenters. The molecule has 1 heterocycles. The number of likely N-dealkylation sites (tertiary alicyclic amines) is 1. The Balaban J connectivity index is 1.84. The number of carbonyl (C=O) groups is 1. The third-order valence-electron chi connectivity index (χ3n) is 5.06. The van der Waals surface area contributed by atoms with E-state index in [4.69, 9.17) is 4.74 Å². The summed E-state index contributed by atoms with van der Waals surface area (Å²) in [7, 11) is 0. The summed E-state index contributed by atoms with van der Waals surface area (Å²) in [5.74, 6) is 1.56. The quantitative estimate of drug-likeness (QED) is 0.822. The van der Waals surface area contributed by atoms with E-state index in [-0.39, 0.29) is 0 Å². The van der Waals surface area contributed by atoms with Crippen LogP contribution in [0.4, 0.5) is 4.79 Å². The van der Waals surface area contributed by atoms with Crippen molar-refractivity contribution in [1.29, 1.82) is 0 Å². The molecule has 22 heavy (non-hydrogen) atoms. The van der Waals surface area contributed by atoms with E-state index in [2.05, 4.69) is 0 Å². The van der Waals surface area contributed by atoms with Gasteiger partial charge in [-0.2, -0.15) is 0 Å². The minimum Gasteiger partial charge on any atom is -0.444 e. The van der Waals surface area contributed by atoms with Gasteiger partial charge in [-0.3, -0.25) is 4.90 Å². The average Bonchev–Trinajstić information content (AvgIpc) is 2.45. The second-order valence-corrected chi connectivity index (χ2v) is 7.90. The van der Waals surface area contributed by atoms with Gasteiger partial charge in [0.15, 0.2) is 0 Å². The first-order chi connectivity index (χ1) is 10.3. The molecule has 0 spiro atoms. The Hall–Kier alpha value is -0.810. The van der Waals surface area contributed by atoms with Crippen LogP contribution in [-0.4, -0.2) is 46.2 Å². The number of hydrogen-bond acceptors (Lipinski definition) is 4. The topological polar surface area (TPSA) is 70.0 Å². The van der Waals surface area contributed by atoms with Crippen molar-refractivity contribution in [3.05, 3.63) is 0 Å². The standard InChI is InChI=1S/C17H31NO4/c1-17(2,3)22-16(21)18-9-8-14(10-15(18)20)13-6-4-12(11-19)5-7-13/h12-15,19-20H,4-11H2,1-3H3. The number of ether oxygens (including phenoxy) is 1. The molecule has 128 valence electrons. The summed E-state index contributed by atoms with van der Waals surface area (Å²) < 4.78 is 5.36. The van der Waals surface area contributed by atoms with E-state index in [1.165, 1.54) is 4.90 Å². The summed E-state index contributed by atoms with van der Waals surface area (Å²) in [6.07, 6.45) is 4.88. The number of hydrogen-bond donors (Lipinski definition) is 2. The number of piperidine rings is 1. The Labute approximate surface area is 133 Å². The lowest BCUT2D eigenvalue weighted by Gasteiger charge is -2.41. The zero-order valence-electron chi connectivity index (χ0n) is 14.1. The first kappa shape index (κ1) is 17.5. The van der Waals surface area contributed by atoms with Crippen molar-refractivity contribution in [3.8, 4) is 0 Å². The zero-order valence-corrected chi connectivity index (χ0v) is 14.1. The van der Waals surface area contributed by atoms with Gasteiger partial charge in [-0.15, -0.1) is 0 Å². The Morgan fingerprint density at radius 2 is 1.77 bits per heavy atom. The fourth-order valence-corrected chi connectivity index (χ4v) is 3.77. The molecule has 2 N–H and O–H groups in total. The summed E-state index contributed by atoms with van der Waals surface area (Å²) in [6.45, 7) is 6.38. The van der Waals surface area contributed by atoms with Gasteiger partial charge in [-0.1, -0.05) is 0 Å². The first-order valence-corrected chi connectivity index (χ1v) is 8.58. The van der Waals surface area contributed by atoms with E-state index in [0.29, 0.717) is 37.3 Å². The summed E-state index contributed by atoms with van der Waals surface area (Å²) >= 11 is 0. The van der Waals surface area contributed by atoms with E-state index < -0.39 is 17.9 Å². The van der Waals surface area contributed by atoms with E-state index in [1.807, 2.05) is 20.8 Å². The number of aliphatic hydroxyl groups excluding tert-OH is 2. The van der Waals surface area contributed by atoms with Gasteiger partial charge >= 0.3 is 6.09 Å². The van der Waals surface area contributed by atoms with Gasteiger partial charge in [0.1, 0.15) is 11.8 Å². The van der Waals surface area contributed by atoms with E-state index in [9.17, 15) is 15.0 Å². The van der Waals surface area contributed by atoms with Gasteiger partial charge < -0.3 is 14.9 Å². The van der Waals surface area contributed by atoms with Crippen molar-refractivity contribution in [2.45, 2.75) is 71.1 Å². The lowest BCUT2D eigenvalue weighted by Crippen LogP contribution is -2.49. The largest absolute Gasteiger partial charge is 0.444 e. The smallest absolute Gasteiger partial charge is 0.412 e. The molecule has 5 heteroatoms. The highest BCUT2D eigenvalue weighted by atomic mass is 16.6. The molecule has 2 unspecified atom stereocenters. The highest BCUT2D eigenvalue weighted by Gasteiger charge is 2.37. The number of amides is 1. The van der Waals surface area contributed by atoms with Crippen LogP contribution >= 0.6 is 0 Å². The Kier molecular flexibility index (Phi) is 5.72. The summed E-state index contributed by atoms with van der Waals surface area (Å²) in [4.78, 5) is 13.6. The van der Waals surface area contributed by atoms with Crippen LogP contribution in [-0.2, 0) is 4.74 Å². The monoisotopic (exact) mass is 313 g/mol. The van der Waals surface area contributed by atoms with Crippen molar-refractivity contribution < 1.29 is 19.7 Å². The normalized spacial score (nSPS) is 33.6. The van der Waals surface area contributed by atoms with Gasteiger partial charge in [-0.05, 0) is 77.0 Å². The molecule has 1 saturated carbocycles. The predicted molar refractivity (Wildman–Crippen MR) is 84.2 cm³/mol.